The summed E-state index contributed by atoms with van der Waals surface area (Å²) >= 11 is 0. The Kier molecular flexibility index (Phi) is 8.06. The molecule has 1 heterocycles. The highest BCUT2D eigenvalue weighted by Gasteiger charge is 2.29. The van der Waals surface area contributed by atoms with Crippen LogP contribution < -0.4 is 5.32 Å². The Bertz CT molecular complexity index is 283. The molecule has 0 saturated carbocycles. The number of ether oxygens (including phenoxy) is 2. The summed E-state index contributed by atoms with van der Waals surface area (Å²) < 4.78 is 10.3. The minimum atomic E-state index is -0.0896. The molecule has 0 bridgehead atoms. The first kappa shape index (κ1) is 17.4. The van der Waals surface area contributed by atoms with E-state index in [0.717, 1.165) is 26.2 Å². The third-order valence-electron chi connectivity index (χ3n) is 3.82. The molecule has 118 valence electrons. The van der Waals surface area contributed by atoms with E-state index in [0.29, 0.717) is 19.8 Å². The zero-order valence-corrected chi connectivity index (χ0v) is 13.2. The van der Waals surface area contributed by atoms with Gasteiger partial charge in [0.1, 0.15) is 0 Å². The van der Waals surface area contributed by atoms with Gasteiger partial charge in [0.2, 0.25) is 5.91 Å². The molecule has 6 nitrogen and oxygen atoms in total. The average molecular weight is 287 g/mol. The van der Waals surface area contributed by atoms with Crippen LogP contribution in [0.4, 0.5) is 0 Å². The summed E-state index contributed by atoms with van der Waals surface area (Å²) in [4.78, 5) is 16.8. The average Bonchev–Trinajstić information content (AvgIpc) is 2.48. The van der Waals surface area contributed by atoms with Crippen LogP contribution in [0.15, 0.2) is 0 Å². The lowest BCUT2D eigenvalue weighted by molar-refractivity contribution is -0.140. The van der Waals surface area contributed by atoms with E-state index in [2.05, 4.69) is 10.2 Å². The van der Waals surface area contributed by atoms with Crippen molar-refractivity contribution >= 4 is 5.91 Å². The highest BCUT2D eigenvalue weighted by molar-refractivity contribution is 5.81. The summed E-state index contributed by atoms with van der Waals surface area (Å²) in [6.45, 7) is 9.45. The number of hydrogen-bond acceptors (Lipinski definition) is 5. The summed E-state index contributed by atoms with van der Waals surface area (Å²) in [6, 6.07) is -0.0266. The molecule has 0 aromatic heterocycles. The van der Waals surface area contributed by atoms with Crippen molar-refractivity contribution in [2.45, 2.75) is 25.9 Å². The number of nitrogens with zero attached hydrogens (tertiary/aromatic N) is 2. The van der Waals surface area contributed by atoms with E-state index >= 15 is 0 Å². The van der Waals surface area contributed by atoms with Crippen molar-refractivity contribution in [3.05, 3.63) is 0 Å². The van der Waals surface area contributed by atoms with Crippen molar-refractivity contribution in [3.8, 4) is 0 Å². The summed E-state index contributed by atoms with van der Waals surface area (Å²) in [7, 11) is 3.32. The Morgan fingerprint density at radius 3 is 2.45 bits per heavy atom. The summed E-state index contributed by atoms with van der Waals surface area (Å²) in [5.74, 6) is 0.161. The Labute approximate surface area is 122 Å². The van der Waals surface area contributed by atoms with Gasteiger partial charge in [0, 0.05) is 46.9 Å². The third kappa shape index (κ3) is 5.01. The van der Waals surface area contributed by atoms with Gasteiger partial charge in [0.05, 0.1) is 25.3 Å². The van der Waals surface area contributed by atoms with Gasteiger partial charge in [0.15, 0.2) is 0 Å². The van der Waals surface area contributed by atoms with Gasteiger partial charge in [-0.25, -0.2) is 0 Å². The van der Waals surface area contributed by atoms with Crippen LogP contribution in [-0.2, 0) is 14.3 Å². The fourth-order valence-corrected chi connectivity index (χ4v) is 2.53. The molecule has 2 unspecified atom stereocenters. The first-order valence-corrected chi connectivity index (χ1v) is 7.35. The summed E-state index contributed by atoms with van der Waals surface area (Å²) in [5.41, 5.74) is 0. The Hall–Kier alpha value is -0.690. The van der Waals surface area contributed by atoms with Crippen LogP contribution in [0.25, 0.3) is 0 Å². The summed E-state index contributed by atoms with van der Waals surface area (Å²) in [6.07, 6.45) is 0. The number of carbonyl (C=O) groups excluding carboxylic acids is 1. The molecule has 1 fully saturated rings. The van der Waals surface area contributed by atoms with Crippen LogP contribution >= 0.6 is 0 Å². The molecule has 1 rings (SSSR count). The van der Waals surface area contributed by atoms with Gasteiger partial charge in [-0.05, 0) is 13.8 Å². The number of rotatable bonds is 8. The minimum Gasteiger partial charge on any atom is -0.383 e. The summed E-state index contributed by atoms with van der Waals surface area (Å²) in [5, 5.41) is 3.31. The standard InChI is InChI=1S/C14H29N3O3/c1-12(11-20-4)17(9-10-19-3)14(18)13(2)16-7-5-15-6-8-16/h12-13,15H,5-11H2,1-4H3. The quantitative estimate of drug-likeness (QED) is 0.669. The molecule has 0 spiro atoms. The number of carbonyl (C=O) groups is 1. The van der Waals surface area contributed by atoms with E-state index < -0.39 is 0 Å². The van der Waals surface area contributed by atoms with E-state index in [1.807, 2.05) is 18.7 Å². The van der Waals surface area contributed by atoms with Crippen LogP contribution in [0.3, 0.4) is 0 Å². The minimum absolute atomic E-state index is 0.0630. The lowest BCUT2D eigenvalue weighted by atomic mass is 10.1. The highest BCUT2D eigenvalue weighted by atomic mass is 16.5. The van der Waals surface area contributed by atoms with Crippen LogP contribution in [0.5, 0.6) is 0 Å². The van der Waals surface area contributed by atoms with Crippen molar-refractivity contribution in [1.29, 1.82) is 0 Å². The fraction of sp³-hybridized carbons (Fsp3) is 0.929. The largest absolute Gasteiger partial charge is 0.383 e. The maximum Gasteiger partial charge on any atom is 0.240 e. The van der Waals surface area contributed by atoms with Gasteiger partial charge in [0.25, 0.3) is 0 Å². The lowest BCUT2D eigenvalue weighted by Crippen LogP contribution is -2.55. The molecule has 20 heavy (non-hydrogen) atoms. The molecule has 2 atom stereocenters. The van der Waals surface area contributed by atoms with E-state index in [9.17, 15) is 4.79 Å². The predicted octanol–water partition coefficient (Wildman–Crippen LogP) is -0.210. The molecule has 1 N–H and O–H groups in total. The van der Waals surface area contributed by atoms with E-state index in [-0.39, 0.29) is 18.0 Å². The molecule has 0 aromatic carbocycles. The molecular formula is C14H29N3O3. The smallest absolute Gasteiger partial charge is 0.240 e. The van der Waals surface area contributed by atoms with Crippen LogP contribution in [0.2, 0.25) is 0 Å². The van der Waals surface area contributed by atoms with Crippen molar-refractivity contribution < 1.29 is 14.3 Å². The highest BCUT2D eigenvalue weighted by Crippen LogP contribution is 2.09. The van der Waals surface area contributed by atoms with Gasteiger partial charge < -0.3 is 19.7 Å². The topological polar surface area (TPSA) is 54.0 Å². The van der Waals surface area contributed by atoms with Crippen LogP contribution in [0, 0.1) is 0 Å². The number of piperazine rings is 1. The van der Waals surface area contributed by atoms with Gasteiger partial charge in [-0.1, -0.05) is 0 Å². The second-order valence-corrected chi connectivity index (χ2v) is 5.29. The van der Waals surface area contributed by atoms with Gasteiger partial charge in [-0.2, -0.15) is 0 Å². The van der Waals surface area contributed by atoms with E-state index in [1.165, 1.54) is 0 Å². The lowest BCUT2D eigenvalue weighted by Gasteiger charge is -2.37. The molecule has 1 amide bonds. The fourth-order valence-electron chi connectivity index (χ4n) is 2.53. The van der Waals surface area contributed by atoms with Crippen LogP contribution in [0.1, 0.15) is 13.8 Å². The Balaban J connectivity index is 2.64. The first-order chi connectivity index (χ1) is 9.61. The van der Waals surface area contributed by atoms with Crippen molar-refractivity contribution in [2.24, 2.45) is 0 Å². The molecule has 0 radical (unpaired) electrons. The number of methoxy groups -OCH3 is 2. The first-order valence-electron chi connectivity index (χ1n) is 7.35. The molecule has 1 aliphatic heterocycles. The van der Waals surface area contributed by atoms with Crippen molar-refractivity contribution in [2.75, 3.05) is 60.2 Å². The molecular weight excluding hydrogens is 258 g/mol. The molecule has 0 aromatic rings. The number of hydrogen-bond donors (Lipinski definition) is 1. The van der Waals surface area contributed by atoms with Gasteiger partial charge in [-0.15, -0.1) is 0 Å². The third-order valence-corrected chi connectivity index (χ3v) is 3.82. The molecule has 1 saturated heterocycles. The maximum atomic E-state index is 12.7. The van der Waals surface area contributed by atoms with Gasteiger partial charge >= 0.3 is 0 Å². The zero-order chi connectivity index (χ0) is 15.0. The number of nitrogens with one attached hydrogen (secondary N) is 1. The zero-order valence-electron chi connectivity index (χ0n) is 13.2. The normalized spacial score (nSPS) is 19.6. The number of amides is 1. The monoisotopic (exact) mass is 287 g/mol. The van der Waals surface area contributed by atoms with Crippen LogP contribution in [-0.4, -0.2) is 87.9 Å². The Morgan fingerprint density at radius 1 is 1.25 bits per heavy atom. The molecule has 0 aliphatic carbocycles. The second kappa shape index (κ2) is 9.28. The van der Waals surface area contributed by atoms with E-state index in [4.69, 9.17) is 9.47 Å². The SMILES string of the molecule is COCCN(C(=O)C(C)N1CCNCC1)C(C)COC. The molecule has 1 aliphatic rings. The Morgan fingerprint density at radius 2 is 1.90 bits per heavy atom. The predicted molar refractivity (Wildman–Crippen MR) is 78.8 cm³/mol. The van der Waals surface area contributed by atoms with E-state index in [1.54, 1.807) is 14.2 Å². The maximum absolute atomic E-state index is 12.7. The second-order valence-electron chi connectivity index (χ2n) is 5.29. The molecule has 6 heteroatoms. The van der Waals surface area contributed by atoms with Crippen molar-refractivity contribution in [1.82, 2.24) is 15.1 Å². The van der Waals surface area contributed by atoms with Gasteiger partial charge in [-0.3, -0.25) is 9.69 Å². The van der Waals surface area contributed by atoms with Crippen molar-refractivity contribution in [3.63, 3.8) is 0 Å².